The van der Waals surface area contributed by atoms with E-state index in [1.165, 1.54) is 19.1 Å². The number of nitrogens with zero attached hydrogens (tertiary/aromatic N) is 22. The van der Waals surface area contributed by atoms with Gasteiger partial charge in [-0.1, -0.05) is 37.1 Å². The Labute approximate surface area is 806 Å². The monoisotopic (exact) mass is 1900 g/mol. The first kappa shape index (κ1) is 106. The van der Waals surface area contributed by atoms with Gasteiger partial charge in [-0.2, -0.15) is 25.7 Å². The first-order chi connectivity index (χ1) is 64.5. The number of aryl methyl sites for hydroxylation is 3. The number of Topliss-reactive ketones (excluding diaryl/α,β-unsaturated/α-hetero) is 1. The van der Waals surface area contributed by atoms with Crippen molar-refractivity contribution in [1.82, 2.24) is 83.9 Å². The van der Waals surface area contributed by atoms with Crippen LogP contribution in [0.2, 0.25) is 0 Å². The number of hydrogen-bond donors (Lipinski definition) is 2. The van der Waals surface area contributed by atoms with Crippen molar-refractivity contribution in [3.63, 3.8) is 0 Å². The van der Waals surface area contributed by atoms with Crippen LogP contribution in [0.15, 0.2) is 220 Å². The van der Waals surface area contributed by atoms with Crippen molar-refractivity contribution >= 4 is 105 Å². The Morgan fingerprint density at radius 3 is 0.978 bits per heavy atom. The summed E-state index contributed by atoms with van der Waals surface area (Å²) in [7, 11) is 13.6. The molecule has 138 heavy (non-hydrogen) atoms. The third kappa shape index (κ3) is 27.0. The Morgan fingerprint density at radius 2 is 0.681 bits per heavy atom. The van der Waals surface area contributed by atoms with Crippen molar-refractivity contribution < 1.29 is 61.3 Å². The number of sulfone groups is 1. The lowest BCUT2D eigenvalue weighted by Crippen LogP contribution is -2.31. The molecular formula is C102H124N22O13S. The minimum absolute atomic E-state index is 0. The van der Waals surface area contributed by atoms with Crippen LogP contribution in [-0.2, 0) is 41.8 Å². The molecule has 0 amide bonds. The largest absolute Gasteiger partial charge is 0.497 e. The van der Waals surface area contributed by atoms with Gasteiger partial charge in [0.1, 0.15) is 61.6 Å². The summed E-state index contributed by atoms with van der Waals surface area (Å²) < 4.78 is 73.2. The number of aromatic nitrogens is 16. The number of carbonyl (C=O) groups is 1. The minimum Gasteiger partial charge on any atom is -0.497 e. The van der Waals surface area contributed by atoms with E-state index >= 15 is 0 Å². The van der Waals surface area contributed by atoms with Crippen LogP contribution in [0.1, 0.15) is 63.3 Å². The highest BCUT2D eigenvalue weighted by molar-refractivity contribution is 7.90. The van der Waals surface area contributed by atoms with Gasteiger partial charge in [0.2, 0.25) is 0 Å². The maximum Gasteiger partial charge on any atom is 0.149 e. The van der Waals surface area contributed by atoms with Crippen molar-refractivity contribution in [2.24, 2.45) is 14.1 Å². The molecule has 8 aromatic heterocycles. The van der Waals surface area contributed by atoms with Crippen LogP contribution in [-0.4, -0.2) is 236 Å². The summed E-state index contributed by atoms with van der Waals surface area (Å²) in [5.41, 5.74) is 19.3. The van der Waals surface area contributed by atoms with Gasteiger partial charge in [0.25, 0.3) is 0 Å². The molecule has 0 radical (unpaired) electrons. The van der Waals surface area contributed by atoms with E-state index in [0.717, 1.165) is 150 Å². The molecule has 0 unspecified atom stereocenters. The third-order valence-corrected chi connectivity index (χ3v) is 22.7. The summed E-state index contributed by atoms with van der Waals surface area (Å²) in [6, 6.07) is 48.4. The van der Waals surface area contributed by atoms with Crippen molar-refractivity contribution in [2.75, 3.05) is 148 Å². The Hall–Kier alpha value is -15.5. The van der Waals surface area contributed by atoms with Gasteiger partial charge in [0.05, 0.1) is 224 Å². The van der Waals surface area contributed by atoms with Gasteiger partial charge in [-0.05, 0) is 106 Å². The number of carbonyl (C=O) groups excluding carboxylic acids is 1. The quantitative estimate of drug-likeness (QED) is 0.0378. The van der Waals surface area contributed by atoms with Crippen LogP contribution in [0.3, 0.4) is 0 Å². The highest BCUT2D eigenvalue weighted by atomic mass is 32.2. The zero-order chi connectivity index (χ0) is 93.7. The molecule has 726 valence electrons. The van der Waals surface area contributed by atoms with Gasteiger partial charge in [0.15, 0.2) is 0 Å². The molecule has 35 nitrogen and oxygen atoms in total. The molecule has 17 rings (SSSR count). The number of ketones is 1. The maximum absolute atomic E-state index is 12.1. The number of rotatable bonds is 34. The van der Waals surface area contributed by atoms with Crippen molar-refractivity contribution in [1.29, 1.82) is 5.26 Å². The number of anilines is 8. The second-order valence-electron chi connectivity index (χ2n) is 31.1. The van der Waals surface area contributed by atoms with Crippen LogP contribution in [0.4, 0.5) is 45.5 Å². The number of nitriles is 1. The maximum atomic E-state index is 12.1. The average molecular weight is 1900 g/mol. The predicted molar refractivity (Wildman–Crippen MR) is 545 cm³/mol. The van der Waals surface area contributed by atoms with E-state index in [4.69, 9.17) is 62.9 Å². The van der Waals surface area contributed by atoms with Gasteiger partial charge in [-0.3, -0.25) is 43.5 Å². The molecule has 1 saturated heterocycles. The number of ether oxygens (including phenoxy) is 8. The standard InChI is InChI=1S/C26H30N6O2.C24H24N6O3.C24H27N5O5S.C23H23N5O3.5CH4/c1-30-18-19(16-28-30)26-17-27-24-7-6-20(14-25(24)29-26)32(11-10-31-8-4-5-9-31)21-12-22(33-2)15-23(13-21)34-3;1-32-20-10-19(11-21(13-20)33-2)30(7-3-6-25)18-4-5-22-23(12-18)28-24(15-26-22)17-14-27-29(16-17)8-9-31;1-33-20-10-19(11-21(13-20)34-2)29(6-8-30)18-4-5-22-23(12-18)27-24(15-25-22)17-14-26-28(16-17)7-9-35(3,31)32;1-15(29)13-28(18-7-19(30-3)10-20(8-18)31-4)17-5-6-21-22(9-17)26-23(12-24-21)16-11-25-27(2)14-16;;;;;/h6-7,12-18H,4-5,8-11H2,1-3H3;4-5,10-16,31H,3,7-9H2,1-2H3;4-5,10-16,30H,6-9H2,1-3H3;5-12,14H,13H2,1-4H3;5*1H4. The Balaban J connectivity index is 0.000000204. The number of aliphatic hydroxyl groups is 2. The Kier molecular flexibility index (Phi) is 38.2. The van der Waals surface area contributed by atoms with Crippen LogP contribution < -0.4 is 57.5 Å². The lowest BCUT2D eigenvalue weighted by Gasteiger charge is -2.28. The van der Waals surface area contributed by atoms with Crippen molar-refractivity contribution in [3.8, 4) is 97.1 Å². The van der Waals surface area contributed by atoms with E-state index in [1.54, 1.807) is 150 Å². The zero-order valence-electron chi connectivity index (χ0n) is 76.0. The predicted octanol–water partition coefficient (Wildman–Crippen LogP) is 17.5. The number of hydrogen-bond acceptors (Lipinski definition) is 31. The number of benzene rings is 8. The van der Waals surface area contributed by atoms with Crippen molar-refractivity contribution in [3.05, 3.63) is 220 Å². The second-order valence-corrected chi connectivity index (χ2v) is 33.3. The normalized spacial score (nSPS) is 11.4. The van der Waals surface area contributed by atoms with Gasteiger partial charge < -0.3 is 72.6 Å². The molecule has 36 heteroatoms. The second kappa shape index (κ2) is 49.7. The molecule has 0 aliphatic carbocycles. The zero-order valence-corrected chi connectivity index (χ0v) is 76.8. The van der Waals surface area contributed by atoms with Crippen LogP contribution >= 0.6 is 0 Å². The summed E-state index contributed by atoms with van der Waals surface area (Å²) >= 11 is 0. The van der Waals surface area contributed by atoms with Crippen LogP contribution in [0.25, 0.3) is 89.2 Å². The first-order valence-electron chi connectivity index (χ1n) is 42.7. The number of aliphatic hydroxyl groups excluding tert-OH is 2. The highest BCUT2D eigenvalue weighted by Crippen LogP contribution is 2.40. The molecule has 0 atom stereocenters. The summed E-state index contributed by atoms with van der Waals surface area (Å²) in [4.78, 5) is 60.2. The molecule has 2 N–H and O–H groups in total. The van der Waals surface area contributed by atoms with E-state index in [1.807, 2.05) is 157 Å². The lowest BCUT2D eigenvalue weighted by atomic mass is 10.1. The number of fused-ring (bicyclic) bond motifs is 4. The van der Waals surface area contributed by atoms with Gasteiger partial charge in [-0.15, -0.1) is 0 Å². The van der Waals surface area contributed by atoms with E-state index in [0.29, 0.717) is 83.0 Å². The number of methoxy groups -OCH3 is 8. The van der Waals surface area contributed by atoms with Crippen molar-refractivity contribution in [2.45, 2.75) is 76.4 Å². The summed E-state index contributed by atoms with van der Waals surface area (Å²) in [6.45, 7) is 7.38. The fourth-order valence-corrected chi connectivity index (χ4v) is 15.5. The van der Waals surface area contributed by atoms with E-state index in [-0.39, 0.29) is 75.0 Å². The van der Waals surface area contributed by atoms with Gasteiger partial charge >= 0.3 is 0 Å². The smallest absolute Gasteiger partial charge is 0.149 e. The topological polar surface area (TPSA) is 380 Å². The lowest BCUT2D eigenvalue weighted by molar-refractivity contribution is -0.115. The Morgan fingerprint density at radius 1 is 0.377 bits per heavy atom. The fourth-order valence-electron chi connectivity index (χ4n) is 15.0. The molecule has 16 aromatic rings. The fraction of sp³-hybridized carbons (Fsp3) is 0.314. The molecule has 0 bridgehead atoms. The molecular weight excluding hydrogens is 1770 g/mol. The van der Waals surface area contributed by atoms with E-state index < -0.39 is 9.84 Å². The first-order valence-corrected chi connectivity index (χ1v) is 44.7. The van der Waals surface area contributed by atoms with Gasteiger partial charge in [0, 0.05) is 212 Å². The molecule has 0 saturated carbocycles. The van der Waals surface area contributed by atoms with Crippen LogP contribution in [0.5, 0.6) is 46.0 Å². The summed E-state index contributed by atoms with van der Waals surface area (Å²) in [5.74, 6) is 5.44. The van der Waals surface area contributed by atoms with E-state index in [2.05, 4.69) is 80.5 Å². The number of likely N-dealkylation sites (tertiary alicyclic amines) is 1. The molecule has 8 aromatic carbocycles. The molecule has 0 spiro atoms. The van der Waals surface area contributed by atoms with E-state index in [9.17, 15) is 23.6 Å². The summed E-state index contributed by atoms with van der Waals surface area (Å²) in [5, 5.41) is 45.0. The Bertz CT molecular complexity index is 6810. The highest BCUT2D eigenvalue weighted by Gasteiger charge is 2.23. The average Bonchev–Trinajstić information content (AvgIpc) is 1.24. The van der Waals surface area contributed by atoms with Crippen LogP contribution in [0, 0.1) is 11.3 Å². The summed E-state index contributed by atoms with van der Waals surface area (Å²) in [6.07, 6.45) is 25.3. The third-order valence-electron chi connectivity index (χ3n) is 21.8. The minimum atomic E-state index is -3.08. The molecule has 1 fully saturated rings. The molecule has 1 aliphatic heterocycles. The molecule has 9 heterocycles. The van der Waals surface area contributed by atoms with Gasteiger partial charge in [-0.25, -0.2) is 28.4 Å². The SMILES string of the molecule is C.C.C.C.C.COc1cc(OC)cc(N(CC(C)=O)c2ccc3ncc(-c4cnn(C)c4)nc3c2)c1.COc1cc(OC)cc(N(CCC#N)c2ccc3ncc(-c4cnn(CCO)c4)nc3c2)c1.COc1cc(OC)cc(N(CCN2CCCC2)c2ccc3ncc(-c4cnn(C)c4)nc3c2)c1.COc1cc(OC)cc(N(CCO)c2ccc3ncc(-c4cnn(CCS(C)(=O)=O)c4)nc3c2)c1. The molecule has 1 aliphatic rings.